The summed E-state index contributed by atoms with van der Waals surface area (Å²) in [7, 11) is 0. The second-order valence-electron chi connectivity index (χ2n) is 8.88. The Bertz CT molecular complexity index is 1570. The van der Waals surface area contributed by atoms with Crippen LogP contribution in [0.25, 0.3) is 44.7 Å². The Morgan fingerprint density at radius 2 is 1.83 bits per heavy atom. The molecule has 0 aliphatic heterocycles. The van der Waals surface area contributed by atoms with Gasteiger partial charge < -0.3 is 15.5 Å². The summed E-state index contributed by atoms with van der Waals surface area (Å²) in [6.07, 6.45) is 5.22. The van der Waals surface area contributed by atoms with E-state index in [-0.39, 0.29) is 11.8 Å². The predicted octanol–water partition coefficient (Wildman–Crippen LogP) is 5.86. The second kappa shape index (κ2) is 8.36. The van der Waals surface area contributed by atoms with Crippen LogP contribution in [0.1, 0.15) is 18.4 Å². The Balaban J connectivity index is 1.32. The molecule has 0 unspecified atom stereocenters. The van der Waals surface area contributed by atoms with Gasteiger partial charge in [-0.25, -0.2) is 15.0 Å². The molecule has 0 radical (unpaired) electrons. The van der Waals surface area contributed by atoms with E-state index in [2.05, 4.69) is 20.3 Å². The van der Waals surface area contributed by atoms with Crippen molar-refractivity contribution < 1.29 is 9.21 Å². The number of anilines is 2. The highest BCUT2D eigenvalue weighted by atomic mass is 16.3. The Morgan fingerprint density at radius 3 is 2.60 bits per heavy atom. The molecule has 3 aromatic heterocycles. The number of nitrogen functional groups attached to an aromatic ring is 1. The SMILES string of the molecule is Cc1cc(-c2nc(-c3ccccc3)co2)ccc1-c1cc2cc(NC(=O)C3CC3)ncc2c(N)n1. The maximum absolute atomic E-state index is 12.1. The largest absolute Gasteiger partial charge is 0.444 e. The first-order chi connectivity index (χ1) is 17.0. The first kappa shape index (κ1) is 21.0. The van der Waals surface area contributed by atoms with E-state index >= 15 is 0 Å². The van der Waals surface area contributed by atoms with Gasteiger partial charge in [0.05, 0.1) is 5.69 Å². The van der Waals surface area contributed by atoms with Gasteiger partial charge in [0.25, 0.3) is 0 Å². The molecule has 1 saturated carbocycles. The number of hydrogen-bond acceptors (Lipinski definition) is 6. The smallest absolute Gasteiger partial charge is 0.228 e. The van der Waals surface area contributed by atoms with E-state index in [1.807, 2.05) is 67.6 Å². The zero-order valence-electron chi connectivity index (χ0n) is 19.2. The molecule has 35 heavy (non-hydrogen) atoms. The van der Waals surface area contributed by atoms with Crippen LogP contribution in [0.5, 0.6) is 0 Å². The lowest BCUT2D eigenvalue weighted by Gasteiger charge is -2.11. The van der Waals surface area contributed by atoms with Crippen molar-refractivity contribution in [1.82, 2.24) is 15.0 Å². The maximum Gasteiger partial charge on any atom is 0.228 e. The molecule has 1 aliphatic rings. The number of pyridine rings is 2. The highest BCUT2D eigenvalue weighted by Crippen LogP contribution is 2.33. The summed E-state index contributed by atoms with van der Waals surface area (Å²) in [6.45, 7) is 2.02. The third-order valence-electron chi connectivity index (χ3n) is 6.27. The van der Waals surface area contributed by atoms with Gasteiger partial charge in [-0.15, -0.1) is 0 Å². The van der Waals surface area contributed by atoms with E-state index in [4.69, 9.17) is 10.2 Å². The molecule has 172 valence electrons. The molecule has 0 saturated heterocycles. The molecule has 7 nitrogen and oxygen atoms in total. The molecule has 0 spiro atoms. The number of nitrogens with two attached hydrogens (primary N) is 1. The lowest BCUT2D eigenvalue weighted by atomic mass is 10.0. The quantitative estimate of drug-likeness (QED) is 0.340. The molecule has 5 aromatic rings. The number of rotatable bonds is 5. The minimum absolute atomic E-state index is 0.0208. The minimum atomic E-state index is 0.0208. The first-order valence-electron chi connectivity index (χ1n) is 11.5. The van der Waals surface area contributed by atoms with Crippen LogP contribution in [0.4, 0.5) is 11.6 Å². The van der Waals surface area contributed by atoms with Crippen LogP contribution in [0.3, 0.4) is 0 Å². The molecule has 6 rings (SSSR count). The summed E-state index contributed by atoms with van der Waals surface area (Å²) >= 11 is 0. The molecule has 1 fully saturated rings. The molecule has 7 heteroatoms. The normalized spacial score (nSPS) is 13.2. The summed E-state index contributed by atoms with van der Waals surface area (Å²) in [5.74, 6) is 1.61. The molecule has 0 atom stereocenters. The number of hydrogen-bond donors (Lipinski definition) is 2. The van der Waals surface area contributed by atoms with E-state index in [1.165, 1.54) is 0 Å². The van der Waals surface area contributed by atoms with Crippen molar-refractivity contribution in [3.63, 3.8) is 0 Å². The lowest BCUT2D eigenvalue weighted by molar-refractivity contribution is -0.117. The number of oxazole rings is 1. The first-order valence-corrected chi connectivity index (χ1v) is 11.5. The Labute approximate surface area is 202 Å². The summed E-state index contributed by atoms with van der Waals surface area (Å²) in [5.41, 5.74) is 11.7. The van der Waals surface area contributed by atoms with E-state index in [0.29, 0.717) is 17.5 Å². The number of aromatic nitrogens is 3. The lowest BCUT2D eigenvalue weighted by Crippen LogP contribution is -2.14. The number of nitrogens with zero attached hydrogens (tertiary/aromatic N) is 3. The van der Waals surface area contributed by atoms with Gasteiger partial charge in [-0.2, -0.15) is 0 Å². The number of nitrogens with one attached hydrogen (secondary N) is 1. The zero-order chi connectivity index (χ0) is 23.9. The van der Waals surface area contributed by atoms with Crippen molar-refractivity contribution in [2.75, 3.05) is 11.1 Å². The summed E-state index contributed by atoms with van der Waals surface area (Å²) in [6, 6.07) is 19.8. The van der Waals surface area contributed by atoms with Crippen LogP contribution < -0.4 is 11.1 Å². The van der Waals surface area contributed by atoms with Gasteiger partial charge in [0.1, 0.15) is 23.6 Å². The molecule has 0 bridgehead atoms. The van der Waals surface area contributed by atoms with Crippen molar-refractivity contribution >= 4 is 28.3 Å². The minimum Gasteiger partial charge on any atom is -0.444 e. The molecule has 3 N–H and O–H groups in total. The number of carbonyl (C=O) groups excluding carboxylic acids is 1. The van der Waals surface area contributed by atoms with Crippen molar-refractivity contribution in [1.29, 1.82) is 0 Å². The third kappa shape index (κ3) is 4.12. The van der Waals surface area contributed by atoms with E-state index in [0.717, 1.165) is 57.3 Å². The van der Waals surface area contributed by atoms with Crippen LogP contribution in [-0.4, -0.2) is 20.9 Å². The van der Waals surface area contributed by atoms with Crippen LogP contribution in [-0.2, 0) is 4.79 Å². The number of benzene rings is 2. The second-order valence-corrected chi connectivity index (χ2v) is 8.88. The van der Waals surface area contributed by atoms with Gasteiger partial charge in [-0.3, -0.25) is 4.79 Å². The molecule has 3 heterocycles. The summed E-state index contributed by atoms with van der Waals surface area (Å²) in [5, 5.41) is 4.52. The number of amides is 1. The maximum atomic E-state index is 12.1. The molecule has 2 aromatic carbocycles. The fraction of sp³-hybridized carbons (Fsp3) is 0.143. The van der Waals surface area contributed by atoms with E-state index < -0.39 is 0 Å². The monoisotopic (exact) mass is 461 g/mol. The van der Waals surface area contributed by atoms with Gasteiger partial charge in [0.15, 0.2) is 0 Å². The van der Waals surface area contributed by atoms with Gasteiger partial charge in [-0.05, 0) is 55.0 Å². The van der Waals surface area contributed by atoms with E-state index in [9.17, 15) is 4.79 Å². The standard InChI is InChI=1S/C28H23N5O2/c1-16-11-19(28-32-24(15-35-28)17-5-3-2-4-6-17)9-10-21(16)23-12-20-13-25(33-27(34)18-7-8-18)30-14-22(20)26(29)31-23/h2-6,9-15,18H,7-8H2,1H3,(H2,29,31)(H,30,33,34). The molecule has 1 amide bonds. The highest BCUT2D eigenvalue weighted by molar-refractivity contribution is 5.98. The van der Waals surface area contributed by atoms with Crippen molar-refractivity contribution in [2.45, 2.75) is 19.8 Å². The Kier molecular flexibility index (Phi) is 5.03. The average molecular weight is 462 g/mol. The summed E-state index contributed by atoms with van der Waals surface area (Å²) < 4.78 is 5.76. The van der Waals surface area contributed by atoms with Gasteiger partial charge in [-0.1, -0.05) is 36.4 Å². The Hall–Kier alpha value is -4.52. The van der Waals surface area contributed by atoms with Crippen LogP contribution in [0.15, 0.2) is 77.5 Å². The van der Waals surface area contributed by atoms with Gasteiger partial charge >= 0.3 is 0 Å². The van der Waals surface area contributed by atoms with Crippen LogP contribution in [0, 0.1) is 12.8 Å². The average Bonchev–Trinajstić information content (AvgIpc) is 3.61. The highest BCUT2D eigenvalue weighted by Gasteiger charge is 2.29. The van der Waals surface area contributed by atoms with Crippen LogP contribution in [0.2, 0.25) is 0 Å². The zero-order valence-corrected chi connectivity index (χ0v) is 19.2. The van der Waals surface area contributed by atoms with Gasteiger partial charge in [0.2, 0.25) is 11.8 Å². The number of carbonyl (C=O) groups is 1. The van der Waals surface area contributed by atoms with E-state index in [1.54, 1.807) is 12.5 Å². The molecule has 1 aliphatic carbocycles. The predicted molar refractivity (Wildman–Crippen MR) is 136 cm³/mol. The molecular weight excluding hydrogens is 438 g/mol. The van der Waals surface area contributed by atoms with Gasteiger partial charge in [0, 0.05) is 34.2 Å². The fourth-order valence-corrected chi connectivity index (χ4v) is 4.19. The number of aryl methyl sites for hydroxylation is 1. The summed E-state index contributed by atoms with van der Waals surface area (Å²) in [4.78, 5) is 25.8. The van der Waals surface area contributed by atoms with Crippen LogP contribution >= 0.6 is 0 Å². The van der Waals surface area contributed by atoms with Crippen molar-refractivity contribution in [2.24, 2.45) is 5.92 Å². The van der Waals surface area contributed by atoms with Crippen molar-refractivity contribution in [3.05, 3.63) is 78.7 Å². The van der Waals surface area contributed by atoms with Crippen molar-refractivity contribution in [3.8, 4) is 34.0 Å². The molecular formula is C28H23N5O2. The third-order valence-corrected chi connectivity index (χ3v) is 6.27. The topological polar surface area (TPSA) is 107 Å². The fourth-order valence-electron chi connectivity index (χ4n) is 4.19. The number of fused-ring (bicyclic) bond motifs is 1. The Morgan fingerprint density at radius 1 is 1.00 bits per heavy atom.